The molecule has 10 nitrogen and oxygen atoms in total. The monoisotopic (exact) mass is 634 g/mol. The van der Waals surface area contributed by atoms with Crippen LogP contribution in [0, 0.1) is 52.3 Å². The van der Waals surface area contributed by atoms with E-state index in [-0.39, 0.29) is 53.4 Å². The summed E-state index contributed by atoms with van der Waals surface area (Å²) in [6.07, 6.45) is 2.62. The minimum Gasteiger partial charge on any atom is -0.466 e. The molecule has 5 saturated carbocycles. The van der Waals surface area contributed by atoms with Gasteiger partial charge in [0.05, 0.1) is 25.2 Å². The Kier molecular flexibility index (Phi) is 5.97. The van der Waals surface area contributed by atoms with Crippen LogP contribution in [-0.4, -0.2) is 76.6 Å². The van der Waals surface area contributed by atoms with Crippen LogP contribution < -0.4 is 0 Å². The molecule has 0 aromatic carbocycles. The van der Waals surface area contributed by atoms with Crippen molar-refractivity contribution in [2.75, 3.05) is 20.3 Å². The third kappa shape index (κ3) is 3.15. The van der Waals surface area contributed by atoms with E-state index in [1.807, 2.05) is 6.92 Å². The molecule has 3 N–H and O–H groups in total. The van der Waals surface area contributed by atoms with Gasteiger partial charge < -0.3 is 29.5 Å². The molecule has 10 heteroatoms. The summed E-state index contributed by atoms with van der Waals surface area (Å²) >= 11 is 0. The van der Waals surface area contributed by atoms with Gasteiger partial charge in [-0.1, -0.05) is 25.5 Å². The molecule has 46 heavy (non-hydrogen) atoms. The summed E-state index contributed by atoms with van der Waals surface area (Å²) in [6.45, 7) is 8.25. The summed E-state index contributed by atoms with van der Waals surface area (Å²) in [5.41, 5.74) is -0.913. The van der Waals surface area contributed by atoms with Gasteiger partial charge in [0.2, 0.25) is 0 Å². The van der Waals surface area contributed by atoms with Crippen LogP contribution in [0.15, 0.2) is 45.1 Å². The topological polar surface area (TPSA) is 157 Å². The van der Waals surface area contributed by atoms with Crippen molar-refractivity contribution in [2.24, 2.45) is 52.3 Å². The molecule has 0 unspecified atom stereocenters. The van der Waals surface area contributed by atoms with Gasteiger partial charge in [-0.2, -0.15) is 0 Å². The maximum absolute atomic E-state index is 14.4. The van der Waals surface area contributed by atoms with Crippen LogP contribution in [0.4, 0.5) is 0 Å². The van der Waals surface area contributed by atoms with E-state index in [9.17, 15) is 34.5 Å². The average Bonchev–Trinajstić information content (AvgIpc) is 3.95. The second-order valence-corrected chi connectivity index (χ2v) is 15.6. The number of aliphatic hydroxyl groups is 3. The highest BCUT2D eigenvalue weighted by atomic mass is 16.6. The minimum absolute atomic E-state index is 0.0493. The number of ketones is 1. The molecule has 1 heterocycles. The van der Waals surface area contributed by atoms with Gasteiger partial charge in [-0.15, -0.1) is 0 Å². The third-order valence-electron chi connectivity index (χ3n) is 14.3. The van der Waals surface area contributed by atoms with Gasteiger partial charge in [-0.25, -0.2) is 14.4 Å². The van der Waals surface area contributed by atoms with E-state index in [0.29, 0.717) is 17.6 Å². The number of rotatable bonds is 5. The molecule has 0 aromatic heterocycles. The number of hydrogen-bond acceptors (Lipinski definition) is 10. The Morgan fingerprint density at radius 2 is 1.76 bits per heavy atom. The number of esters is 3. The zero-order chi connectivity index (χ0) is 33.0. The summed E-state index contributed by atoms with van der Waals surface area (Å²) in [6, 6.07) is 0. The number of Topliss-reactive ketones (excluding diaryl/α,β-unsaturated/α-hetero) is 1. The van der Waals surface area contributed by atoms with Crippen LogP contribution in [0.25, 0.3) is 0 Å². The summed E-state index contributed by atoms with van der Waals surface area (Å²) in [7, 11) is 1.24. The Labute approximate surface area is 267 Å². The van der Waals surface area contributed by atoms with Crippen molar-refractivity contribution in [3.63, 3.8) is 0 Å². The number of allylic oxidation sites excluding steroid dienone is 2. The van der Waals surface area contributed by atoms with Crippen molar-refractivity contribution in [2.45, 2.75) is 77.6 Å². The maximum atomic E-state index is 14.4. The molecule has 0 saturated heterocycles. The first-order valence-electron chi connectivity index (χ1n) is 16.5. The van der Waals surface area contributed by atoms with E-state index < -0.39 is 76.2 Å². The lowest BCUT2D eigenvalue weighted by molar-refractivity contribution is -0.191. The predicted octanol–water partition coefficient (Wildman–Crippen LogP) is 2.51. The molecule has 1 aliphatic heterocycles. The molecular weight excluding hydrogens is 592 g/mol. The average molecular weight is 635 g/mol. The third-order valence-corrected chi connectivity index (χ3v) is 14.3. The van der Waals surface area contributed by atoms with E-state index in [1.54, 1.807) is 19.9 Å². The first kappa shape index (κ1) is 30.3. The number of ether oxygens (including phenoxy) is 3. The van der Waals surface area contributed by atoms with E-state index in [1.165, 1.54) is 14.0 Å². The number of carbonyl (C=O) groups excluding carboxylic acids is 4. The van der Waals surface area contributed by atoms with Gasteiger partial charge in [-0.05, 0) is 86.7 Å². The summed E-state index contributed by atoms with van der Waals surface area (Å²) in [4.78, 5) is 54.0. The van der Waals surface area contributed by atoms with Gasteiger partial charge in [0, 0.05) is 34.0 Å². The highest BCUT2D eigenvalue weighted by Crippen LogP contribution is 2.83. The Morgan fingerprint density at radius 1 is 1.04 bits per heavy atom. The fourth-order valence-corrected chi connectivity index (χ4v) is 12.0. The summed E-state index contributed by atoms with van der Waals surface area (Å²) in [5.74, 6) is -3.92. The molecule has 5 fully saturated rings. The first-order valence-corrected chi connectivity index (χ1v) is 16.5. The van der Waals surface area contributed by atoms with Crippen LogP contribution in [0.3, 0.4) is 0 Å². The van der Waals surface area contributed by atoms with Crippen LogP contribution in [0.5, 0.6) is 0 Å². The second kappa shape index (κ2) is 9.08. The molecule has 0 aromatic rings. The number of carbonyl (C=O) groups is 4. The Hall–Kier alpha value is -3.08. The number of hydrogen-bond donors (Lipinski definition) is 3. The van der Waals surface area contributed by atoms with Crippen molar-refractivity contribution in [1.29, 1.82) is 0 Å². The zero-order valence-electron chi connectivity index (χ0n) is 27.1. The molecule has 7 aliphatic carbocycles. The lowest BCUT2D eigenvalue weighted by atomic mass is 9.42. The van der Waals surface area contributed by atoms with Crippen LogP contribution in [-0.2, 0) is 33.4 Å². The van der Waals surface area contributed by atoms with Crippen molar-refractivity contribution in [1.82, 2.24) is 0 Å². The van der Waals surface area contributed by atoms with E-state index in [0.717, 1.165) is 24.0 Å². The minimum atomic E-state index is -1.39. The molecule has 12 atom stereocenters. The van der Waals surface area contributed by atoms with Crippen molar-refractivity contribution < 1.29 is 48.7 Å². The van der Waals surface area contributed by atoms with Gasteiger partial charge in [-0.3, -0.25) is 4.79 Å². The Bertz CT molecular complexity index is 1680. The normalized spacial score (nSPS) is 48.5. The standard InChI is InChI=1S/C36H42O10/c1-7-14(2)30(40)45-13-35(43)22-10-21(22)33(4)23(35)11-20-18(12-37)32(42)46-36(20)24(33)9-17-16-8-19(16)34(5)26(17)27(36)25(28(38)29(34)39)15(3)31(41)44-6/h7,16,19,21-24,27,29,37,39,43H,8-13H2,1-6H3/b14-7+,25-15+/t16-,19-,21-,22+,23+,24+,27+,29+,33+,34+,35-,36+/m1/s1. The highest BCUT2D eigenvalue weighted by Gasteiger charge is 2.84. The van der Waals surface area contributed by atoms with Gasteiger partial charge >= 0.3 is 17.9 Å². The number of methoxy groups -OCH3 is 1. The maximum Gasteiger partial charge on any atom is 0.337 e. The SMILES string of the molecule is C/C=C(\C)C(=O)OC[C@]1(O)[C@H]2CC3=C(CO)C(=O)O[C@@]34[C@@H]3C5=C(C[C@H]4[C@@]2(C)[C@@H]2C[C@@H]21)[C@H]1C[C@H]1[C@]5(C)[C@@H](O)C(=O)/C3=C(\C)C(=O)OC. The van der Waals surface area contributed by atoms with Gasteiger partial charge in [0.25, 0.3) is 0 Å². The Balaban J connectivity index is 1.36. The summed E-state index contributed by atoms with van der Waals surface area (Å²) < 4.78 is 17.4. The highest BCUT2D eigenvalue weighted by molar-refractivity contribution is 6.09. The quantitative estimate of drug-likeness (QED) is 0.178. The molecular formula is C36H42O10. The largest absolute Gasteiger partial charge is 0.466 e. The van der Waals surface area contributed by atoms with Crippen LogP contribution in [0.1, 0.15) is 60.3 Å². The first-order chi connectivity index (χ1) is 21.7. The van der Waals surface area contributed by atoms with E-state index in [2.05, 4.69) is 6.92 Å². The van der Waals surface area contributed by atoms with Gasteiger partial charge in [0.15, 0.2) is 5.78 Å². The Morgan fingerprint density at radius 3 is 2.41 bits per heavy atom. The van der Waals surface area contributed by atoms with Crippen LogP contribution in [0.2, 0.25) is 0 Å². The zero-order valence-corrected chi connectivity index (χ0v) is 27.1. The van der Waals surface area contributed by atoms with Crippen molar-refractivity contribution in [3.05, 3.63) is 45.1 Å². The fraction of sp³-hybridized carbons (Fsp3) is 0.667. The summed E-state index contributed by atoms with van der Waals surface area (Å²) in [5, 5.41) is 34.8. The molecule has 8 aliphatic rings. The smallest absolute Gasteiger partial charge is 0.337 e. The molecule has 1 spiro atoms. The second-order valence-electron chi connectivity index (χ2n) is 15.6. The number of aliphatic hydroxyl groups excluding tert-OH is 2. The molecule has 246 valence electrons. The molecule has 0 bridgehead atoms. The predicted molar refractivity (Wildman–Crippen MR) is 160 cm³/mol. The lowest BCUT2D eigenvalue weighted by Gasteiger charge is -2.63. The molecule has 0 amide bonds. The van der Waals surface area contributed by atoms with Gasteiger partial charge in [0.1, 0.15) is 23.9 Å². The fourth-order valence-electron chi connectivity index (χ4n) is 12.0. The molecule has 8 rings (SSSR count). The van der Waals surface area contributed by atoms with E-state index >= 15 is 0 Å². The number of fused-ring (bicyclic) bond motifs is 7. The van der Waals surface area contributed by atoms with Crippen LogP contribution >= 0.6 is 0 Å². The van der Waals surface area contributed by atoms with Crippen molar-refractivity contribution >= 4 is 23.7 Å². The molecule has 0 radical (unpaired) electrons. The van der Waals surface area contributed by atoms with E-state index in [4.69, 9.17) is 14.2 Å². The van der Waals surface area contributed by atoms with Crippen molar-refractivity contribution in [3.8, 4) is 0 Å². The lowest BCUT2D eigenvalue weighted by Crippen LogP contribution is -2.67.